The molecule has 4 rings (SSSR count). The number of likely N-dealkylation sites (N-methyl/N-ethyl adjacent to an activating group) is 1. The maximum atomic E-state index is 13.4. The molecule has 2 aromatic carbocycles. The van der Waals surface area contributed by atoms with Gasteiger partial charge in [-0.2, -0.15) is 0 Å². The number of pyridine rings is 1. The number of nitrogens with zero attached hydrogens (tertiary/aromatic N) is 2. The highest BCUT2D eigenvalue weighted by molar-refractivity contribution is 6.07. The second kappa shape index (κ2) is 9.43. The number of amides is 2. The minimum Gasteiger partial charge on any atom is -0.463 e. The van der Waals surface area contributed by atoms with Gasteiger partial charge in [0.05, 0.1) is 23.9 Å². The van der Waals surface area contributed by atoms with Crippen LogP contribution < -0.4 is 5.32 Å². The Morgan fingerprint density at radius 2 is 1.84 bits per heavy atom. The number of furan rings is 1. The van der Waals surface area contributed by atoms with Crippen LogP contribution in [0.4, 0.5) is 4.39 Å². The van der Waals surface area contributed by atoms with Crippen LogP contribution in [-0.4, -0.2) is 34.8 Å². The molecule has 0 aliphatic heterocycles. The maximum absolute atomic E-state index is 13.4. The van der Waals surface area contributed by atoms with Gasteiger partial charge in [-0.3, -0.25) is 9.59 Å². The summed E-state index contributed by atoms with van der Waals surface area (Å²) in [5, 5.41) is 3.48. The van der Waals surface area contributed by atoms with Crippen molar-refractivity contribution in [2.24, 2.45) is 0 Å². The first-order valence-electron chi connectivity index (χ1n) is 10.3. The van der Waals surface area contributed by atoms with E-state index in [4.69, 9.17) is 4.42 Å². The minimum absolute atomic E-state index is 0.0940. The van der Waals surface area contributed by atoms with E-state index >= 15 is 0 Å². The van der Waals surface area contributed by atoms with Crippen LogP contribution in [0.1, 0.15) is 22.8 Å². The summed E-state index contributed by atoms with van der Waals surface area (Å²) in [5.74, 6) is -0.337. The third-order valence-electron chi connectivity index (χ3n) is 5.13. The van der Waals surface area contributed by atoms with E-state index in [0.29, 0.717) is 34.5 Å². The lowest BCUT2D eigenvalue weighted by atomic mass is 10.1. The Hall–Kier alpha value is -4.00. The average molecular weight is 431 g/mol. The molecular weight excluding hydrogens is 409 g/mol. The lowest BCUT2D eigenvalue weighted by molar-refractivity contribution is -0.121. The molecule has 0 aliphatic carbocycles. The molecule has 6 nitrogen and oxygen atoms in total. The van der Waals surface area contributed by atoms with Gasteiger partial charge in [-0.1, -0.05) is 30.3 Å². The first kappa shape index (κ1) is 21.2. The molecule has 1 N–H and O–H groups in total. The molecule has 0 radical (unpaired) electrons. The number of para-hydroxylation sites is 1. The summed E-state index contributed by atoms with van der Waals surface area (Å²) in [6.07, 6.45) is 1.55. The Kier molecular flexibility index (Phi) is 6.26. The first-order valence-corrected chi connectivity index (χ1v) is 10.3. The van der Waals surface area contributed by atoms with E-state index in [0.717, 1.165) is 5.56 Å². The molecule has 32 heavy (non-hydrogen) atoms. The van der Waals surface area contributed by atoms with Crippen molar-refractivity contribution in [1.29, 1.82) is 0 Å². The molecule has 0 saturated carbocycles. The molecule has 4 aromatic rings. The summed E-state index contributed by atoms with van der Waals surface area (Å²) >= 11 is 0. The topological polar surface area (TPSA) is 75.4 Å². The first-order chi connectivity index (χ1) is 15.5. The number of hydrogen-bond donors (Lipinski definition) is 1. The SMILES string of the molecule is CCN(CC(=O)NCc1ccc(F)cc1)C(=O)c1cc(-c2ccco2)nc2ccccc12. The second-order valence-electron chi connectivity index (χ2n) is 7.27. The van der Waals surface area contributed by atoms with E-state index in [-0.39, 0.29) is 30.7 Å². The number of halogens is 1. The fourth-order valence-electron chi connectivity index (χ4n) is 3.43. The van der Waals surface area contributed by atoms with Gasteiger partial charge in [0, 0.05) is 18.5 Å². The number of nitrogens with one attached hydrogen (secondary N) is 1. The summed E-state index contributed by atoms with van der Waals surface area (Å²) in [6, 6.07) is 18.5. The minimum atomic E-state index is -0.332. The van der Waals surface area contributed by atoms with Crippen LogP contribution in [0.2, 0.25) is 0 Å². The van der Waals surface area contributed by atoms with Crippen LogP contribution in [0.15, 0.2) is 77.4 Å². The van der Waals surface area contributed by atoms with Crippen molar-refractivity contribution in [2.75, 3.05) is 13.1 Å². The van der Waals surface area contributed by atoms with Crippen molar-refractivity contribution in [2.45, 2.75) is 13.5 Å². The fourth-order valence-corrected chi connectivity index (χ4v) is 3.43. The van der Waals surface area contributed by atoms with Gasteiger partial charge in [-0.25, -0.2) is 9.37 Å². The molecule has 0 spiro atoms. The molecule has 7 heteroatoms. The number of aromatic nitrogens is 1. The van der Waals surface area contributed by atoms with Gasteiger partial charge in [0.1, 0.15) is 11.5 Å². The third-order valence-corrected chi connectivity index (χ3v) is 5.13. The van der Waals surface area contributed by atoms with Crippen molar-refractivity contribution in [3.05, 3.63) is 89.9 Å². The Labute approximate surface area is 184 Å². The lowest BCUT2D eigenvalue weighted by Crippen LogP contribution is -2.40. The Balaban J connectivity index is 1.55. The van der Waals surface area contributed by atoms with E-state index in [1.807, 2.05) is 31.2 Å². The summed E-state index contributed by atoms with van der Waals surface area (Å²) in [5.41, 5.74) is 2.45. The van der Waals surface area contributed by atoms with Crippen molar-refractivity contribution < 1.29 is 18.4 Å². The van der Waals surface area contributed by atoms with Gasteiger partial charge in [0.15, 0.2) is 5.76 Å². The largest absolute Gasteiger partial charge is 0.463 e. The van der Waals surface area contributed by atoms with Crippen LogP contribution in [0.25, 0.3) is 22.4 Å². The summed E-state index contributed by atoms with van der Waals surface area (Å²) < 4.78 is 18.5. The highest BCUT2D eigenvalue weighted by Gasteiger charge is 2.21. The number of fused-ring (bicyclic) bond motifs is 1. The van der Waals surface area contributed by atoms with E-state index in [1.54, 1.807) is 36.6 Å². The molecular formula is C25H22FN3O3. The zero-order chi connectivity index (χ0) is 22.5. The van der Waals surface area contributed by atoms with Crippen LogP contribution >= 0.6 is 0 Å². The molecule has 162 valence electrons. The zero-order valence-corrected chi connectivity index (χ0v) is 17.5. The quantitative estimate of drug-likeness (QED) is 0.470. The van der Waals surface area contributed by atoms with Crippen LogP contribution in [-0.2, 0) is 11.3 Å². The number of rotatable bonds is 7. The molecule has 2 heterocycles. The van der Waals surface area contributed by atoms with Gasteiger partial charge in [-0.15, -0.1) is 0 Å². The third kappa shape index (κ3) is 4.67. The number of carbonyl (C=O) groups excluding carboxylic acids is 2. The lowest BCUT2D eigenvalue weighted by Gasteiger charge is -2.21. The van der Waals surface area contributed by atoms with Crippen LogP contribution in [0.5, 0.6) is 0 Å². The van der Waals surface area contributed by atoms with Gasteiger partial charge in [-0.05, 0) is 48.9 Å². The Morgan fingerprint density at radius 1 is 1.06 bits per heavy atom. The van der Waals surface area contributed by atoms with E-state index < -0.39 is 0 Å². The monoisotopic (exact) mass is 431 g/mol. The van der Waals surface area contributed by atoms with Gasteiger partial charge in [0.2, 0.25) is 5.91 Å². The van der Waals surface area contributed by atoms with Crippen LogP contribution in [0, 0.1) is 5.82 Å². The molecule has 0 saturated heterocycles. The van der Waals surface area contributed by atoms with E-state index in [2.05, 4.69) is 10.3 Å². The predicted molar refractivity (Wildman–Crippen MR) is 119 cm³/mol. The molecule has 0 bridgehead atoms. The number of carbonyl (C=O) groups is 2. The summed E-state index contributed by atoms with van der Waals surface area (Å²) in [4.78, 5) is 32.0. The van der Waals surface area contributed by atoms with Crippen molar-refractivity contribution in [1.82, 2.24) is 15.2 Å². The van der Waals surface area contributed by atoms with Crippen LogP contribution in [0.3, 0.4) is 0 Å². The van der Waals surface area contributed by atoms with Crippen molar-refractivity contribution in [3.8, 4) is 11.5 Å². The van der Waals surface area contributed by atoms with Gasteiger partial charge >= 0.3 is 0 Å². The van der Waals surface area contributed by atoms with E-state index in [9.17, 15) is 14.0 Å². The Bertz CT molecular complexity index is 1240. The predicted octanol–water partition coefficient (Wildman–Crippen LogP) is 4.41. The summed E-state index contributed by atoms with van der Waals surface area (Å²) in [6.45, 7) is 2.34. The maximum Gasteiger partial charge on any atom is 0.255 e. The van der Waals surface area contributed by atoms with E-state index in [1.165, 1.54) is 17.0 Å². The number of hydrogen-bond acceptors (Lipinski definition) is 4. The van der Waals surface area contributed by atoms with Crippen molar-refractivity contribution >= 4 is 22.7 Å². The summed E-state index contributed by atoms with van der Waals surface area (Å²) in [7, 11) is 0. The highest BCUT2D eigenvalue weighted by atomic mass is 19.1. The van der Waals surface area contributed by atoms with Crippen molar-refractivity contribution in [3.63, 3.8) is 0 Å². The zero-order valence-electron chi connectivity index (χ0n) is 17.5. The highest BCUT2D eigenvalue weighted by Crippen LogP contribution is 2.26. The number of benzene rings is 2. The molecule has 2 aromatic heterocycles. The molecule has 0 aliphatic rings. The average Bonchev–Trinajstić information content (AvgIpc) is 3.36. The standard InChI is InChI=1S/C25H22FN3O3/c1-2-29(16-24(30)27-15-17-9-11-18(26)12-10-17)25(31)20-14-22(23-8-5-13-32-23)28-21-7-4-3-6-19(20)21/h3-14H,2,15-16H2,1H3,(H,27,30). The van der Waals surface area contributed by atoms with Gasteiger partial charge in [0.25, 0.3) is 5.91 Å². The molecule has 2 amide bonds. The second-order valence-corrected chi connectivity index (χ2v) is 7.27. The Morgan fingerprint density at radius 3 is 2.56 bits per heavy atom. The molecule has 0 fully saturated rings. The molecule has 0 atom stereocenters. The fraction of sp³-hybridized carbons (Fsp3) is 0.160. The molecule has 0 unspecified atom stereocenters. The smallest absolute Gasteiger partial charge is 0.255 e. The van der Waals surface area contributed by atoms with Gasteiger partial charge < -0.3 is 14.6 Å². The normalized spacial score (nSPS) is 10.8.